The Morgan fingerprint density at radius 2 is 2.21 bits per heavy atom. The summed E-state index contributed by atoms with van der Waals surface area (Å²) in [5, 5.41) is 8.46. The highest BCUT2D eigenvalue weighted by atomic mass is 16.4. The zero-order chi connectivity index (χ0) is 10.4. The van der Waals surface area contributed by atoms with Gasteiger partial charge in [-0.25, -0.2) is 0 Å². The molecule has 0 aromatic rings. The summed E-state index contributed by atoms with van der Waals surface area (Å²) in [6.45, 7) is 4.67. The van der Waals surface area contributed by atoms with E-state index in [4.69, 9.17) is 5.11 Å². The first-order valence-electron chi connectivity index (χ1n) is 5.66. The number of nitrogens with zero attached hydrogens (tertiary/aromatic N) is 1. The second-order valence-electron chi connectivity index (χ2n) is 4.23. The average molecular weight is 199 g/mol. The highest BCUT2D eigenvalue weighted by Crippen LogP contribution is 2.16. The quantitative estimate of drug-likeness (QED) is 0.666. The summed E-state index contributed by atoms with van der Waals surface area (Å²) in [5.41, 5.74) is 0. The number of aliphatic carboxylic acids is 1. The summed E-state index contributed by atoms with van der Waals surface area (Å²) in [6.07, 6.45) is 6.02. The van der Waals surface area contributed by atoms with E-state index in [1.165, 1.54) is 19.4 Å². The van der Waals surface area contributed by atoms with Crippen LogP contribution in [0.15, 0.2) is 0 Å². The zero-order valence-electron chi connectivity index (χ0n) is 9.04. The molecule has 0 aliphatic carbocycles. The maximum atomic E-state index is 10.3. The molecule has 1 unspecified atom stereocenters. The molecule has 14 heavy (non-hydrogen) atoms. The molecule has 0 radical (unpaired) electrons. The van der Waals surface area contributed by atoms with Crippen molar-refractivity contribution in [3.8, 4) is 0 Å². The molecule has 0 bridgehead atoms. The maximum Gasteiger partial charge on any atom is 0.303 e. The number of carbonyl (C=O) groups is 1. The van der Waals surface area contributed by atoms with E-state index in [-0.39, 0.29) is 0 Å². The van der Waals surface area contributed by atoms with Gasteiger partial charge in [0.25, 0.3) is 0 Å². The summed E-state index contributed by atoms with van der Waals surface area (Å²) in [7, 11) is 0. The summed E-state index contributed by atoms with van der Waals surface area (Å²) in [4.78, 5) is 12.8. The van der Waals surface area contributed by atoms with Crippen molar-refractivity contribution >= 4 is 5.97 Å². The van der Waals surface area contributed by atoms with Crippen molar-refractivity contribution in [1.82, 2.24) is 4.90 Å². The lowest BCUT2D eigenvalue weighted by Crippen LogP contribution is -2.27. The van der Waals surface area contributed by atoms with Crippen LogP contribution in [0.4, 0.5) is 0 Å². The van der Waals surface area contributed by atoms with Gasteiger partial charge in [-0.3, -0.25) is 4.79 Å². The summed E-state index contributed by atoms with van der Waals surface area (Å²) in [6, 6.07) is 0.745. The molecule has 1 heterocycles. The Labute approximate surface area is 86.1 Å². The second-order valence-corrected chi connectivity index (χ2v) is 4.23. The van der Waals surface area contributed by atoms with Gasteiger partial charge in [-0.15, -0.1) is 0 Å². The smallest absolute Gasteiger partial charge is 0.303 e. The summed E-state index contributed by atoms with van der Waals surface area (Å²) in [5.74, 6) is -0.667. The van der Waals surface area contributed by atoms with Crippen LogP contribution in [0.3, 0.4) is 0 Å². The van der Waals surface area contributed by atoms with Crippen molar-refractivity contribution < 1.29 is 9.90 Å². The molecule has 0 aromatic carbocycles. The molecule has 82 valence electrons. The third-order valence-electron chi connectivity index (χ3n) is 3.03. The van der Waals surface area contributed by atoms with E-state index in [1.54, 1.807) is 0 Å². The molecule has 1 rings (SSSR count). The van der Waals surface area contributed by atoms with E-state index in [0.29, 0.717) is 6.42 Å². The number of carboxylic acid groups (broad SMARTS) is 1. The minimum absolute atomic E-state index is 0.329. The largest absolute Gasteiger partial charge is 0.481 e. The Morgan fingerprint density at radius 3 is 2.79 bits per heavy atom. The molecular weight excluding hydrogens is 178 g/mol. The van der Waals surface area contributed by atoms with Gasteiger partial charge < -0.3 is 10.0 Å². The molecule has 1 N–H and O–H groups in total. The Hall–Kier alpha value is -0.570. The van der Waals surface area contributed by atoms with Crippen molar-refractivity contribution in [3.63, 3.8) is 0 Å². The van der Waals surface area contributed by atoms with Gasteiger partial charge in [0.05, 0.1) is 0 Å². The third kappa shape index (κ3) is 4.09. The van der Waals surface area contributed by atoms with Crippen LogP contribution in [0.2, 0.25) is 0 Å². The molecule has 1 aliphatic rings. The second kappa shape index (κ2) is 6.02. The minimum Gasteiger partial charge on any atom is -0.481 e. The predicted octanol–water partition coefficient (Wildman–Crippen LogP) is 2.12. The van der Waals surface area contributed by atoms with Crippen LogP contribution in [0.1, 0.15) is 45.4 Å². The monoisotopic (exact) mass is 199 g/mol. The van der Waals surface area contributed by atoms with E-state index >= 15 is 0 Å². The van der Waals surface area contributed by atoms with Gasteiger partial charge in [0.1, 0.15) is 0 Å². The Kier molecular flexibility index (Phi) is 4.94. The van der Waals surface area contributed by atoms with Gasteiger partial charge in [0.2, 0.25) is 0 Å². The Balaban J connectivity index is 1.95. The Bertz CT molecular complexity index is 182. The maximum absolute atomic E-state index is 10.3. The van der Waals surface area contributed by atoms with E-state index in [2.05, 4.69) is 11.8 Å². The van der Waals surface area contributed by atoms with Crippen LogP contribution < -0.4 is 0 Å². The highest BCUT2D eigenvalue weighted by Gasteiger charge is 2.18. The van der Waals surface area contributed by atoms with Crippen molar-refractivity contribution in [2.75, 3.05) is 13.1 Å². The first kappa shape index (κ1) is 11.5. The highest BCUT2D eigenvalue weighted by molar-refractivity contribution is 5.66. The van der Waals surface area contributed by atoms with Gasteiger partial charge in [-0.05, 0) is 45.7 Å². The lowest BCUT2D eigenvalue weighted by atomic mass is 10.2. The van der Waals surface area contributed by atoms with Crippen LogP contribution in [0.25, 0.3) is 0 Å². The first-order chi connectivity index (χ1) is 6.70. The van der Waals surface area contributed by atoms with Crippen LogP contribution >= 0.6 is 0 Å². The van der Waals surface area contributed by atoms with Crippen LogP contribution in [0.5, 0.6) is 0 Å². The zero-order valence-corrected chi connectivity index (χ0v) is 9.04. The fourth-order valence-corrected chi connectivity index (χ4v) is 2.09. The molecule has 0 spiro atoms. The Morgan fingerprint density at radius 1 is 1.43 bits per heavy atom. The first-order valence-corrected chi connectivity index (χ1v) is 5.66. The topological polar surface area (TPSA) is 40.5 Å². The van der Waals surface area contributed by atoms with Crippen LogP contribution in [0, 0.1) is 0 Å². The van der Waals surface area contributed by atoms with Crippen molar-refractivity contribution in [1.29, 1.82) is 0 Å². The van der Waals surface area contributed by atoms with Gasteiger partial charge >= 0.3 is 5.97 Å². The minimum atomic E-state index is -0.667. The molecular formula is C11H21NO2. The molecule has 3 nitrogen and oxygen atoms in total. The van der Waals surface area contributed by atoms with Gasteiger partial charge in [-0.1, -0.05) is 6.42 Å². The van der Waals surface area contributed by atoms with Crippen LogP contribution in [-0.4, -0.2) is 35.1 Å². The fraction of sp³-hybridized carbons (Fsp3) is 0.909. The molecule has 0 amide bonds. The SMILES string of the molecule is CC1CCCN1CCCCCC(=O)O. The molecule has 1 atom stereocenters. The van der Waals surface area contributed by atoms with E-state index in [9.17, 15) is 4.79 Å². The van der Waals surface area contributed by atoms with Crippen LogP contribution in [-0.2, 0) is 4.79 Å². The predicted molar refractivity (Wildman–Crippen MR) is 56.4 cm³/mol. The standard InChI is InChI=1S/C11H21NO2/c1-10-6-5-9-12(10)8-4-2-3-7-11(13)14/h10H,2-9H2,1H3,(H,13,14). The van der Waals surface area contributed by atoms with Crippen molar-refractivity contribution in [2.45, 2.75) is 51.5 Å². The van der Waals surface area contributed by atoms with E-state index < -0.39 is 5.97 Å². The average Bonchev–Trinajstić information content (AvgIpc) is 2.51. The van der Waals surface area contributed by atoms with E-state index in [1.807, 2.05) is 0 Å². The van der Waals surface area contributed by atoms with Gasteiger partial charge in [0.15, 0.2) is 0 Å². The van der Waals surface area contributed by atoms with Crippen molar-refractivity contribution in [2.24, 2.45) is 0 Å². The molecule has 1 aliphatic heterocycles. The molecule has 3 heteroatoms. The lowest BCUT2D eigenvalue weighted by molar-refractivity contribution is -0.137. The fourth-order valence-electron chi connectivity index (χ4n) is 2.09. The molecule has 0 aromatic heterocycles. The summed E-state index contributed by atoms with van der Waals surface area (Å²) >= 11 is 0. The molecule has 1 fully saturated rings. The normalized spacial score (nSPS) is 22.8. The summed E-state index contributed by atoms with van der Waals surface area (Å²) < 4.78 is 0. The number of rotatable bonds is 6. The van der Waals surface area contributed by atoms with Crippen molar-refractivity contribution in [3.05, 3.63) is 0 Å². The molecule has 1 saturated heterocycles. The number of unbranched alkanes of at least 4 members (excludes halogenated alkanes) is 2. The number of hydrogen-bond donors (Lipinski definition) is 1. The number of hydrogen-bond acceptors (Lipinski definition) is 2. The number of carboxylic acids is 1. The molecule has 0 saturated carbocycles. The third-order valence-corrected chi connectivity index (χ3v) is 3.03. The number of likely N-dealkylation sites (tertiary alicyclic amines) is 1. The van der Waals surface area contributed by atoms with Gasteiger partial charge in [0, 0.05) is 12.5 Å². The van der Waals surface area contributed by atoms with E-state index in [0.717, 1.165) is 31.8 Å². The van der Waals surface area contributed by atoms with Gasteiger partial charge in [-0.2, -0.15) is 0 Å². The lowest BCUT2D eigenvalue weighted by Gasteiger charge is -2.20.